The van der Waals surface area contributed by atoms with E-state index in [2.05, 4.69) is 19.2 Å². The molecule has 0 heterocycles. The van der Waals surface area contributed by atoms with Crippen molar-refractivity contribution in [2.75, 3.05) is 20.1 Å². The maximum absolute atomic E-state index is 13.1. The van der Waals surface area contributed by atoms with Gasteiger partial charge in [-0.3, -0.25) is 9.69 Å². The smallest absolute Gasteiger partial charge is 0.234 e. The maximum atomic E-state index is 13.1. The van der Waals surface area contributed by atoms with Crippen LogP contribution in [0, 0.1) is 11.7 Å². The van der Waals surface area contributed by atoms with Gasteiger partial charge in [-0.05, 0) is 36.2 Å². The molecule has 1 aromatic carbocycles. The number of rotatable bonds is 7. The van der Waals surface area contributed by atoms with E-state index in [1.54, 1.807) is 6.07 Å². The Kier molecular flexibility index (Phi) is 6.61. The lowest BCUT2D eigenvalue weighted by molar-refractivity contribution is -0.122. The third-order valence-electron chi connectivity index (χ3n) is 2.95. The summed E-state index contributed by atoms with van der Waals surface area (Å²) in [4.78, 5) is 13.6. The molecule has 4 nitrogen and oxygen atoms in total. The average Bonchev–Trinajstić information content (AvgIpc) is 2.38. The zero-order valence-corrected chi connectivity index (χ0v) is 12.4. The number of hydrogen-bond acceptors (Lipinski definition) is 3. The summed E-state index contributed by atoms with van der Waals surface area (Å²) in [6.07, 6.45) is 0. The first-order valence-electron chi connectivity index (χ1n) is 6.85. The first kappa shape index (κ1) is 16.6. The number of carbonyl (C=O) groups excluding carboxylic acids is 1. The zero-order valence-electron chi connectivity index (χ0n) is 12.4. The van der Waals surface area contributed by atoms with Crippen LogP contribution in [0.15, 0.2) is 18.2 Å². The quantitative estimate of drug-likeness (QED) is 0.796. The summed E-state index contributed by atoms with van der Waals surface area (Å²) in [5, 5.41) is 2.87. The van der Waals surface area contributed by atoms with E-state index in [9.17, 15) is 9.18 Å². The highest BCUT2D eigenvalue weighted by atomic mass is 19.1. The number of benzene rings is 1. The van der Waals surface area contributed by atoms with E-state index in [-0.39, 0.29) is 11.7 Å². The van der Waals surface area contributed by atoms with Crippen LogP contribution in [0.2, 0.25) is 0 Å². The SMILES string of the molecule is CC(C)CNC(=O)CN(C)Cc1ccc(F)cc1CN. The van der Waals surface area contributed by atoms with Crippen molar-refractivity contribution in [1.82, 2.24) is 10.2 Å². The highest BCUT2D eigenvalue weighted by Crippen LogP contribution is 2.12. The molecule has 0 fully saturated rings. The molecule has 1 rings (SSSR count). The molecular formula is C15H24FN3O. The summed E-state index contributed by atoms with van der Waals surface area (Å²) in [6, 6.07) is 4.59. The van der Waals surface area contributed by atoms with E-state index >= 15 is 0 Å². The highest BCUT2D eigenvalue weighted by molar-refractivity contribution is 5.77. The second-order valence-electron chi connectivity index (χ2n) is 5.49. The van der Waals surface area contributed by atoms with E-state index in [4.69, 9.17) is 5.73 Å². The van der Waals surface area contributed by atoms with Crippen LogP contribution in [0.5, 0.6) is 0 Å². The fourth-order valence-electron chi connectivity index (χ4n) is 1.90. The third kappa shape index (κ3) is 5.67. The van der Waals surface area contributed by atoms with E-state index in [0.717, 1.165) is 11.1 Å². The molecule has 0 spiro atoms. The fourth-order valence-corrected chi connectivity index (χ4v) is 1.90. The van der Waals surface area contributed by atoms with Gasteiger partial charge in [0.25, 0.3) is 0 Å². The van der Waals surface area contributed by atoms with Gasteiger partial charge in [-0.1, -0.05) is 19.9 Å². The van der Waals surface area contributed by atoms with Gasteiger partial charge >= 0.3 is 0 Å². The zero-order chi connectivity index (χ0) is 15.1. The molecule has 0 bridgehead atoms. The molecule has 5 heteroatoms. The molecule has 20 heavy (non-hydrogen) atoms. The molecular weight excluding hydrogens is 257 g/mol. The number of amides is 1. The van der Waals surface area contributed by atoms with Gasteiger partial charge in [0.2, 0.25) is 5.91 Å². The first-order chi connectivity index (χ1) is 9.42. The third-order valence-corrected chi connectivity index (χ3v) is 2.95. The molecule has 0 saturated heterocycles. The molecule has 0 aromatic heterocycles. The van der Waals surface area contributed by atoms with Gasteiger partial charge in [-0.25, -0.2) is 4.39 Å². The Morgan fingerprint density at radius 3 is 2.70 bits per heavy atom. The van der Waals surface area contributed by atoms with Gasteiger partial charge in [-0.15, -0.1) is 0 Å². The molecule has 0 saturated carbocycles. The Morgan fingerprint density at radius 2 is 2.10 bits per heavy atom. The highest BCUT2D eigenvalue weighted by Gasteiger charge is 2.10. The summed E-state index contributed by atoms with van der Waals surface area (Å²) < 4.78 is 13.1. The van der Waals surface area contributed by atoms with Crippen LogP contribution in [-0.2, 0) is 17.9 Å². The maximum Gasteiger partial charge on any atom is 0.234 e. The summed E-state index contributed by atoms with van der Waals surface area (Å²) in [6.45, 7) is 5.96. The van der Waals surface area contributed by atoms with Gasteiger partial charge in [0.05, 0.1) is 6.54 Å². The standard InChI is InChI=1S/C15H24FN3O/c1-11(2)8-18-15(20)10-19(3)9-12-4-5-14(16)6-13(12)7-17/h4-6,11H,7-10,17H2,1-3H3,(H,18,20). The van der Waals surface area contributed by atoms with Gasteiger partial charge in [-0.2, -0.15) is 0 Å². The Balaban J connectivity index is 2.53. The van der Waals surface area contributed by atoms with Crippen LogP contribution >= 0.6 is 0 Å². The van der Waals surface area contributed by atoms with Crippen LogP contribution in [-0.4, -0.2) is 30.9 Å². The lowest BCUT2D eigenvalue weighted by Crippen LogP contribution is -2.36. The molecule has 0 aliphatic heterocycles. The second kappa shape index (κ2) is 7.97. The predicted molar refractivity (Wildman–Crippen MR) is 78.5 cm³/mol. The largest absolute Gasteiger partial charge is 0.355 e. The van der Waals surface area contributed by atoms with Crippen LogP contribution in [0.4, 0.5) is 4.39 Å². The van der Waals surface area contributed by atoms with E-state index in [1.807, 2.05) is 11.9 Å². The number of nitrogens with two attached hydrogens (primary N) is 1. The summed E-state index contributed by atoms with van der Waals surface area (Å²) >= 11 is 0. The normalized spacial score (nSPS) is 11.2. The second-order valence-corrected chi connectivity index (χ2v) is 5.49. The van der Waals surface area contributed by atoms with Gasteiger partial charge in [0.15, 0.2) is 0 Å². The van der Waals surface area contributed by atoms with Gasteiger partial charge in [0.1, 0.15) is 5.82 Å². The molecule has 0 aliphatic carbocycles. The lowest BCUT2D eigenvalue weighted by atomic mass is 10.1. The number of nitrogens with zero attached hydrogens (tertiary/aromatic N) is 1. The number of hydrogen-bond donors (Lipinski definition) is 2. The van der Waals surface area contributed by atoms with E-state index < -0.39 is 0 Å². The van der Waals surface area contributed by atoms with E-state index in [0.29, 0.717) is 32.1 Å². The molecule has 3 N–H and O–H groups in total. The van der Waals surface area contributed by atoms with Crippen molar-refractivity contribution in [3.63, 3.8) is 0 Å². The monoisotopic (exact) mass is 281 g/mol. The molecule has 0 radical (unpaired) electrons. The summed E-state index contributed by atoms with van der Waals surface area (Å²) in [5.41, 5.74) is 7.34. The van der Waals surface area contributed by atoms with Crippen molar-refractivity contribution >= 4 is 5.91 Å². The Bertz CT molecular complexity index is 449. The minimum absolute atomic E-state index is 0.00221. The number of halogens is 1. The van der Waals surface area contributed by atoms with E-state index in [1.165, 1.54) is 12.1 Å². The number of carbonyl (C=O) groups is 1. The Hall–Kier alpha value is -1.46. The van der Waals surface area contributed by atoms with Crippen LogP contribution in [0.1, 0.15) is 25.0 Å². The number of likely N-dealkylation sites (N-methyl/N-ethyl adjacent to an activating group) is 1. The van der Waals surface area contributed by atoms with Crippen molar-refractivity contribution in [1.29, 1.82) is 0 Å². The molecule has 0 aliphatic rings. The average molecular weight is 281 g/mol. The Labute approximate surface area is 120 Å². The lowest BCUT2D eigenvalue weighted by Gasteiger charge is -2.18. The van der Waals surface area contributed by atoms with Gasteiger partial charge < -0.3 is 11.1 Å². The molecule has 1 aromatic rings. The molecule has 112 valence electrons. The van der Waals surface area contributed by atoms with Crippen molar-refractivity contribution in [3.05, 3.63) is 35.1 Å². The van der Waals surface area contributed by atoms with Crippen molar-refractivity contribution in [2.45, 2.75) is 26.9 Å². The summed E-state index contributed by atoms with van der Waals surface area (Å²) in [7, 11) is 1.86. The topological polar surface area (TPSA) is 58.4 Å². The van der Waals surface area contributed by atoms with Gasteiger partial charge in [0, 0.05) is 19.6 Å². The molecule has 1 amide bonds. The van der Waals surface area contributed by atoms with Crippen LogP contribution in [0.3, 0.4) is 0 Å². The Morgan fingerprint density at radius 1 is 1.40 bits per heavy atom. The number of nitrogens with one attached hydrogen (secondary N) is 1. The molecule has 0 atom stereocenters. The fraction of sp³-hybridized carbons (Fsp3) is 0.533. The minimum atomic E-state index is -0.286. The minimum Gasteiger partial charge on any atom is -0.355 e. The first-order valence-corrected chi connectivity index (χ1v) is 6.85. The summed E-state index contributed by atoms with van der Waals surface area (Å²) in [5.74, 6) is 0.148. The molecule has 0 unspecified atom stereocenters. The van der Waals surface area contributed by atoms with Crippen molar-refractivity contribution in [3.8, 4) is 0 Å². The van der Waals surface area contributed by atoms with Crippen LogP contribution in [0.25, 0.3) is 0 Å². The predicted octanol–water partition coefficient (Wildman–Crippen LogP) is 1.49. The van der Waals surface area contributed by atoms with Crippen molar-refractivity contribution in [2.24, 2.45) is 11.7 Å². The van der Waals surface area contributed by atoms with Crippen molar-refractivity contribution < 1.29 is 9.18 Å². The van der Waals surface area contributed by atoms with Crippen LogP contribution < -0.4 is 11.1 Å².